The number of rotatable bonds is 12. The van der Waals surface area contributed by atoms with Gasteiger partial charge in [0.1, 0.15) is 0 Å². The van der Waals surface area contributed by atoms with Gasteiger partial charge in [-0.15, -0.1) is 0 Å². The average Bonchev–Trinajstić information content (AvgIpc) is 3.03. The zero-order valence-corrected chi connectivity index (χ0v) is 29.2. The Morgan fingerprint density at radius 2 is 0.450 bits per heavy atom. The number of hydrogen-bond donors (Lipinski definition) is 0. The molecule has 13 heteroatoms. The van der Waals surface area contributed by atoms with Crippen molar-refractivity contribution in [2.45, 2.75) is 0 Å². The molecule has 40 heavy (non-hydrogen) atoms. The predicted octanol–water partition coefficient (Wildman–Crippen LogP) is 5.24. The second-order valence-corrected chi connectivity index (χ2v) is 16.3. The van der Waals surface area contributed by atoms with Crippen molar-refractivity contribution in [2.24, 2.45) is 0 Å². The molecule has 0 aliphatic carbocycles. The predicted molar refractivity (Wildman–Crippen MR) is 166 cm³/mol. The Morgan fingerprint density at radius 1 is 0.300 bits per heavy atom. The summed E-state index contributed by atoms with van der Waals surface area (Å²) in [7, 11) is 6.65. The van der Waals surface area contributed by atoms with Gasteiger partial charge in [-0.25, -0.2) is 0 Å². The van der Waals surface area contributed by atoms with Crippen LogP contribution in [0.15, 0.2) is 91.0 Å². The van der Waals surface area contributed by atoms with Gasteiger partial charge in [0.25, 0.3) is 0 Å². The Morgan fingerprint density at radius 3 is 0.575 bits per heavy atom. The van der Waals surface area contributed by atoms with Crippen molar-refractivity contribution in [1.82, 2.24) is 0 Å². The van der Waals surface area contributed by atoms with E-state index in [1.807, 2.05) is 91.0 Å². The van der Waals surface area contributed by atoms with Gasteiger partial charge in [0, 0.05) is 20.4 Å². The summed E-state index contributed by atoms with van der Waals surface area (Å²) in [5.74, 6) is 0. The zero-order valence-electron chi connectivity index (χ0n) is 24.7. The topological polar surface area (TPSA) is 83.1 Å². The molecule has 0 saturated heterocycles. The van der Waals surface area contributed by atoms with Crippen molar-refractivity contribution >= 4 is 39.7 Å². The van der Waals surface area contributed by atoms with E-state index >= 15 is 0 Å². The van der Waals surface area contributed by atoms with Crippen molar-refractivity contribution in [2.75, 3.05) is 64.0 Å². The maximum atomic E-state index is 5.32. The molecule has 0 unspecified atom stereocenters. The minimum absolute atomic E-state index is 0. The summed E-state index contributed by atoms with van der Waals surface area (Å²) < 4.78 is 47.9. The van der Waals surface area contributed by atoms with Crippen LogP contribution >= 0.6 is 23.8 Å². The van der Waals surface area contributed by atoms with E-state index in [-0.39, 0.29) is 20.4 Å². The van der Waals surface area contributed by atoms with Gasteiger partial charge >= 0.3 is 235 Å². The summed E-state index contributed by atoms with van der Waals surface area (Å²) in [5.41, 5.74) is 0. The molecule has 0 radical (unpaired) electrons. The molecule has 0 aliphatic rings. The van der Waals surface area contributed by atoms with E-state index in [4.69, 9.17) is 40.7 Å². The van der Waals surface area contributed by atoms with E-state index in [1.165, 1.54) is 0 Å². The van der Waals surface area contributed by atoms with Crippen molar-refractivity contribution in [1.29, 1.82) is 0 Å². The molecule has 0 saturated carbocycles. The fraction of sp³-hybridized carbons (Fsp3) is 0.333. The summed E-state index contributed by atoms with van der Waals surface area (Å²) in [6.45, 7) is 0. The first-order valence-electron chi connectivity index (χ1n) is 12.0. The summed E-state index contributed by atoms with van der Waals surface area (Å²) in [6.07, 6.45) is 0. The molecule has 0 N–H and O–H groups in total. The van der Waals surface area contributed by atoms with Crippen LogP contribution in [0.4, 0.5) is 0 Å². The van der Waals surface area contributed by atoms with E-state index in [2.05, 4.69) is 0 Å². The Hall–Kier alpha value is -0.748. The summed E-state index contributed by atoms with van der Waals surface area (Å²) in [4.78, 5) is 0. The molecule has 3 rings (SSSR count). The van der Waals surface area contributed by atoms with Crippen LogP contribution in [0.2, 0.25) is 0 Å². The van der Waals surface area contributed by atoms with Crippen LogP contribution in [0.25, 0.3) is 0 Å². The molecule has 9 nitrogen and oxygen atoms in total. The van der Waals surface area contributed by atoms with Gasteiger partial charge in [-0.05, 0) is 0 Å². The smallest absolute Gasteiger partial charge is 0 e. The van der Waals surface area contributed by atoms with Gasteiger partial charge in [0.2, 0.25) is 0 Å². The molecule has 232 valence electrons. The molecule has 0 fully saturated rings. The van der Waals surface area contributed by atoms with E-state index in [1.54, 1.807) is 64.0 Å². The standard InChI is InChI=1S/3C9H15O3P.Pd/c3*1-10-13(11-2,12-3)9-7-5-4-6-8-9;/h3*4-8,13H,1-3H3;. The number of hydrogen-bond acceptors (Lipinski definition) is 9. The van der Waals surface area contributed by atoms with Crippen LogP contribution in [0, 0.1) is 0 Å². The normalized spacial score (nSPS) is 12.5. The van der Waals surface area contributed by atoms with Crippen LogP contribution in [-0.2, 0) is 61.1 Å². The Labute approximate surface area is 255 Å². The minimum Gasteiger partial charge on any atom is 0 e. The van der Waals surface area contributed by atoms with Gasteiger partial charge in [0.15, 0.2) is 0 Å². The molecule has 0 amide bonds. The first-order valence-corrected chi connectivity index (χ1v) is 17.2. The third-order valence-corrected chi connectivity index (χ3v) is 13.8. The summed E-state index contributed by atoms with van der Waals surface area (Å²) >= 11 is 0. The first-order chi connectivity index (χ1) is 18.9. The molecule has 0 aromatic heterocycles. The second-order valence-electron chi connectivity index (χ2n) is 7.60. The fourth-order valence-corrected chi connectivity index (χ4v) is 9.16. The second kappa shape index (κ2) is 21.0. The molecule has 0 atom stereocenters. The Bertz CT molecular complexity index is 853. The van der Waals surface area contributed by atoms with Crippen molar-refractivity contribution in [3.63, 3.8) is 0 Å². The van der Waals surface area contributed by atoms with Gasteiger partial charge in [-0.2, -0.15) is 0 Å². The van der Waals surface area contributed by atoms with Crippen LogP contribution in [0.1, 0.15) is 0 Å². The maximum Gasteiger partial charge on any atom is 0 e. The van der Waals surface area contributed by atoms with Crippen molar-refractivity contribution in [3.05, 3.63) is 91.0 Å². The molecule has 0 aliphatic heterocycles. The van der Waals surface area contributed by atoms with Crippen molar-refractivity contribution in [3.8, 4) is 0 Å². The van der Waals surface area contributed by atoms with Gasteiger partial charge in [-0.1, -0.05) is 0 Å². The van der Waals surface area contributed by atoms with E-state index in [0.29, 0.717) is 0 Å². The largest absolute Gasteiger partial charge is 0 e. The molecular formula is C27H45O9P3Pd. The SMILES string of the molecule is CO[PH](OC)(OC)c1ccccc1.CO[PH](OC)(OC)c1ccccc1.CO[PH](OC)(OC)c1ccccc1.[Pd]. The van der Waals surface area contributed by atoms with Gasteiger partial charge < -0.3 is 0 Å². The molecule has 3 aromatic rings. The molecule has 0 spiro atoms. The minimum atomic E-state index is -2.59. The third-order valence-electron chi connectivity index (χ3n) is 5.80. The Balaban J connectivity index is 0.000000563. The van der Waals surface area contributed by atoms with E-state index in [9.17, 15) is 0 Å². The molecule has 0 heterocycles. The first kappa shape index (κ1) is 39.3. The van der Waals surface area contributed by atoms with E-state index < -0.39 is 23.8 Å². The van der Waals surface area contributed by atoms with Gasteiger partial charge in [-0.3, -0.25) is 0 Å². The van der Waals surface area contributed by atoms with Crippen LogP contribution in [0.5, 0.6) is 0 Å². The van der Waals surface area contributed by atoms with Crippen molar-refractivity contribution < 1.29 is 61.1 Å². The van der Waals surface area contributed by atoms with Crippen LogP contribution in [-0.4, -0.2) is 64.0 Å². The monoisotopic (exact) mass is 712 g/mol. The Kier molecular flexibility index (Phi) is 20.6. The average molecular weight is 713 g/mol. The third kappa shape index (κ3) is 10.5. The van der Waals surface area contributed by atoms with Gasteiger partial charge in [0.05, 0.1) is 0 Å². The molecule has 3 aromatic carbocycles. The molecular weight excluding hydrogens is 668 g/mol. The quantitative estimate of drug-likeness (QED) is 0.185. The summed E-state index contributed by atoms with van der Waals surface area (Å²) in [5, 5.41) is 2.92. The zero-order chi connectivity index (χ0) is 29.2. The van der Waals surface area contributed by atoms with Crippen LogP contribution < -0.4 is 15.9 Å². The van der Waals surface area contributed by atoms with Crippen LogP contribution in [0.3, 0.4) is 0 Å². The number of benzene rings is 3. The molecule has 0 bridgehead atoms. The summed E-state index contributed by atoms with van der Waals surface area (Å²) in [6, 6.07) is 29.2. The maximum absolute atomic E-state index is 5.32. The van der Waals surface area contributed by atoms with E-state index in [0.717, 1.165) is 15.9 Å². The fourth-order valence-electron chi connectivity index (χ4n) is 3.74.